The van der Waals surface area contributed by atoms with Gasteiger partial charge in [-0.05, 0) is 12.3 Å². The van der Waals surface area contributed by atoms with Crippen molar-refractivity contribution in [3.05, 3.63) is 12.1 Å². The topological polar surface area (TPSA) is 33.5 Å². The first-order valence-corrected chi connectivity index (χ1v) is 6.00. The van der Waals surface area contributed by atoms with E-state index >= 15 is 0 Å². The number of hydrogen-bond donors (Lipinski definition) is 0. The molecule has 0 spiro atoms. The Labute approximate surface area is 94.8 Å². The van der Waals surface area contributed by atoms with E-state index in [2.05, 4.69) is 0 Å². The van der Waals surface area contributed by atoms with Crippen LogP contribution in [0.2, 0.25) is 0 Å². The summed E-state index contributed by atoms with van der Waals surface area (Å²) in [4.78, 5) is 13.5. The van der Waals surface area contributed by atoms with Crippen molar-refractivity contribution in [3.8, 4) is 0 Å². The zero-order valence-corrected chi connectivity index (χ0v) is 10.6. The van der Waals surface area contributed by atoms with Crippen LogP contribution >= 0.6 is 11.8 Å². The molecule has 0 aliphatic carbocycles. The van der Waals surface area contributed by atoms with Crippen molar-refractivity contribution in [2.75, 3.05) is 18.2 Å². The molecule has 3 nitrogen and oxygen atoms in total. The zero-order chi connectivity index (χ0) is 11.6. The van der Waals surface area contributed by atoms with Crippen LogP contribution < -0.4 is 4.90 Å². The molecule has 4 heteroatoms. The van der Waals surface area contributed by atoms with E-state index in [1.807, 2.05) is 39.2 Å². The molecule has 0 aliphatic rings. The fourth-order valence-electron chi connectivity index (χ4n) is 1.20. The van der Waals surface area contributed by atoms with Crippen molar-refractivity contribution in [1.82, 2.24) is 0 Å². The standard InChI is InChI=1S/C11H17NO2S/c1-11(2,3)10(13)12(4)8-6-7-9(14-8)15-5/h6-7H,1-5H3. The highest BCUT2D eigenvalue weighted by Gasteiger charge is 2.27. The van der Waals surface area contributed by atoms with E-state index in [1.165, 1.54) is 11.8 Å². The molecule has 1 amide bonds. The largest absolute Gasteiger partial charge is 0.434 e. The maximum absolute atomic E-state index is 11.9. The fourth-order valence-corrected chi connectivity index (χ4v) is 1.58. The lowest BCUT2D eigenvalue weighted by Gasteiger charge is -2.23. The molecule has 1 aromatic heterocycles. The van der Waals surface area contributed by atoms with Gasteiger partial charge < -0.3 is 4.42 Å². The van der Waals surface area contributed by atoms with E-state index in [1.54, 1.807) is 11.9 Å². The first kappa shape index (κ1) is 12.2. The summed E-state index contributed by atoms with van der Waals surface area (Å²) in [5, 5.41) is 0.818. The van der Waals surface area contributed by atoms with Gasteiger partial charge in [-0.3, -0.25) is 9.69 Å². The Bertz CT molecular complexity index is 352. The molecule has 0 unspecified atom stereocenters. The Kier molecular flexibility index (Phi) is 3.50. The molecule has 0 saturated heterocycles. The molecule has 0 N–H and O–H groups in total. The molecule has 0 atom stereocenters. The normalized spacial score (nSPS) is 11.5. The molecular weight excluding hydrogens is 210 g/mol. The number of anilines is 1. The number of rotatable bonds is 2. The number of hydrogen-bond acceptors (Lipinski definition) is 3. The summed E-state index contributed by atoms with van der Waals surface area (Å²) in [7, 11) is 1.73. The monoisotopic (exact) mass is 227 g/mol. The summed E-state index contributed by atoms with van der Waals surface area (Å²) in [5.41, 5.74) is -0.388. The molecule has 15 heavy (non-hydrogen) atoms. The minimum Gasteiger partial charge on any atom is -0.434 e. The number of amides is 1. The van der Waals surface area contributed by atoms with Crippen LogP contribution in [0.15, 0.2) is 21.6 Å². The quantitative estimate of drug-likeness (QED) is 0.728. The van der Waals surface area contributed by atoms with Crippen molar-refractivity contribution >= 4 is 23.6 Å². The third-order valence-corrected chi connectivity index (χ3v) is 2.67. The van der Waals surface area contributed by atoms with Gasteiger partial charge in [0.05, 0.1) is 0 Å². The lowest BCUT2D eigenvalue weighted by molar-refractivity contribution is -0.125. The summed E-state index contributed by atoms with van der Waals surface area (Å²) < 4.78 is 5.48. The second-order valence-corrected chi connectivity index (χ2v) is 5.22. The van der Waals surface area contributed by atoms with Crippen LogP contribution in [-0.4, -0.2) is 19.2 Å². The Balaban J connectivity index is 2.85. The maximum Gasteiger partial charge on any atom is 0.234 e. The summed E-state index contributed by atoms with van der Waals surface area (Å²) in [6, 6.07) is 3.68. The molecule has 0 bridgehead atoms. The van der Waals surface area contributed by atoms with E-state index in [9.17, 15) is 4.79 Å². The van der Waals surface area contributed by atoms with Crippen LogP contribution in [-0.2, 0) is 4.79 Å². The smallest absolute Gasteiger partial charge is 0.234 e. The minimum atomic E-state index is -0.388. The average molecular weight is 227 g/mol. The summed E-state index contributed by atoms with van der Waals surface area (Å²) in [6.45, 7) is 5.68. The summed E-state index contributed by atoms with van der Waals surface area (Å²) in [5.74, 6) is 0.642. The molecule has 0 fully saturated rings. The number of thioether (sulfide) groups is 1. The van der Waals surface area contributed by atoms with Crippen LogP contribution in [0.4, 0.5) is 5.88 Å². The van der Waals surface area contributed by atoms with Crippen molar-refractivity contribution < 1.29 is 9.21 Å². The number of furan rings is 1. The van der Waals surface area contributed by atoms with Gasteiger partial charge in [0.25, 0.3) is 0 Å². The van der Waals surface area contributed by atoms with Gasteiger partial charge in [-0.1, -0.05) is 32.5 Å². The second-order valence-electron chi connectivity index (χ2n) is 4.41. The molecule has 0 aliphatic heterocycles. The van der Waals surface area contributed by atoms with Gasteiger partial charge in [-0.2, -0.15) is 0 Å². The molecule has 84 valence electrons. The molecule has 0 aromatic carbocycles. The zero-order valence-electron chi connectivity index (χ0n) is 9.83. The van der Waals surface area contributed by atoms with Gasteiger partial charge in [0.15, 0.2) is 5.09 Å². The number of nitrogens with zero attached hydrogens (tertiary/aromatic N) is 1. The minimum absolute atomic E-state index is 0.0458. The third-order valence-electron chi connectivity index (χ3n) is 2.05. The Morgan fingerprint density at radius 2 is 2.00 bits per heavy atom. The van der Waals surface area contributed by atoms with Gasteiger partial charge in [-0.25, -0.2) is 0 Å². The van der Waals surface area contributed by atoms with Crippen LogP contribution in [0.5, 0.6) is 0 Å². The van der Waals surface area contributed by atoms with Crippen LogP contribution in [0.3, 0.4) is 0 Å². The van der Waals surface area contributed by atoms with Gasteiger partial charge in [0.1, 0.15) is 0 Å². The fraction of sp³-hybridized carbons (Fsp3) is 0.545. The summed E-state index contributed by atoms with van der Waals surface area (Å²) in [6.07, 6.45) is 1.94. The number of carbonyl (C=O) groups excluding carboxylic acids is 1. The maximum atomic E-state index is 11.9. The van der Waals surface area contributed by atoms with Gasteiger partial charge in [0.2, 0.25) is 11.8 Å². The molecule has 0 radical (unpaired) electrons. The summed E-state index contributed by atoms with van der Waals surface area (Å²) >= 11 is 1.52. The SMILES string of the molecule is CSc1ccc(N(C)C(=O)C(C)(C)C)o1. The van der Waals surface area contributed by atoms with Crippen LogP contribution in [0.1, 0.15) is 20.8 Å². The third kappa shape index (κ3) is 2.78. The van der Waals surface area contributed by atoms with Gasteiger partial charge >= 0.3 is 0 Å². The lowest BCUT2D eigenvalue weighted by atomic mass is 9.95. The van der Waals surface area contributed by atoms with Gasteiger partial charge in [-0.15, -0.1) is 0 Å². The highest BCUT2D eigenvalue weighted by atomic mass is 32.2. The molecular formula is C11H17NO2S. The van der Waals surface area contributed by atoms with Crippen molar-refractivity contribution in [1.29, 1.82) is 0 Å². The first-order chi connectivity index (χ1) is 6.86. The molecule has 1 aromatic rings. The van der Waals surface area contributed by atoms with E-state index < -0.39 is 0 Å². The Hall–Kier alpha value is -0.900. The van der Waals surface area contributed by atoms with E-state index in [4.69, 9.17) is 4.42 Å². The highest BCUT2D eigenvalue weighted by molar-refractivity contribution is 7.98. The Morgan fingerprint density at radius 1 is 1.40 bits per heavy atom. The second kappa shape index (κ2) is 4.31. The number of carbonyl (C=O) groups is 1. The van der Waals surface area contributed by atoms with E-state index in [0.29, 0.717) is 5.88 Å². The van der Waals surface area contributed by atoms with Crippen LogP contribution in [0, 0.1) is 5.41 Å². The highest BCUT2D eigenvalue weighted by Crippen LogP contribution is 2.27. The predicted molar refractivity (Wildman–Crippen MR) is 63.4 cm³/mol. The van der Waals surface area contributed by atoms with Crippen molar-refractivity contribution in [2.24, 2.45) is 5.41 Å². The van der Waals surface area contributed by atoms with E-state index in [-0.39, 0.29) is 11.3 Å². The van der Waals surface area contributed by atoms with Crippen molar-refractivity contribution in [2.45, 2.75) is 25.9 Å². The molecule has 1 rings (SSSR count). The van der Waals surface area contributed by atoms with E-state index in [0.717, 1.165) is 5.09 Å². The first-order valence-electron chi connectivity index (χ1n) is 4.78. The molecule has 0 saturated carbocycles. The average Bonchev–Trinajstić information content (AvgIpc) is 2.62. The Morgan fingerprint density at radius 3 is 2.40 bits per heavy atom. The predicted octanol–water partition coefficient (Wildman–Crippen LogP) is 3.01. The van der Waals surface area contributed by atoms with Crippen LogP contribution in [0.25, 0.3) is 0 Å². The lowest BCUT2D eigenvalue weighted by Crippen LogP contribution is -2.36. The van der Waals surface area contributed by atoms with Crippen molar-refractivity contribution in [3.63, 3.8) is 0 Å². The van der Waals surface area contributed by atoms with Gasteiger partial charge in [0, 0.05) is 18.5 Å². The molecule has 1 heterocycles.